The molecule has 0 amide bonds. The number of aromatic nitrogens is 1. The molecule has 76 valence electrons. The van der Waals surface area contributed by atoms with Crippen LogP contribution >= 0.6 is 0 Å². The maximum absolute atomic E-state index is 13.1. The number of rotatable bonds is 1. The summed E-state index contributed by atoms with van der Waals surface area (Å²) in [7, 11) is 0. The van der Waals surface area contributed by atoms with Crippen LogP contribution in [-0.2, 0) is 0 Å². The van der Waals surface area contributed by atoms with Gasteiger partial charge in [-0.05, 0) is 48.4 Å². The molecule has 0 saturated carbocycles. The molecule has 3 heteroatoms. The predicted octanol–water partition coefficient (Wildman–Crippen LogP) is 2.78. The van der Waals surface area contributed by atoms with Gasteiger partial charge in [0.2, 0.25) is 0 Å². The monoisotopic (exact) mass is 202 g/mol. The summed E-state index contributed by atoms with van der Waals surface area (Å²) >= 11 is 0. The minimum atomic E-state index is -0.320. The molecule has 2 N–H and O–H groups in total. The fourth-order valence-corrected chi connectivity index (χ4v) is 1.50. The number of halogens is 1. The third-order valence-electron chi connectivity index (χ3n) is 2.15. The Bertz CT molecular complexity index is 474. The van der Waals surface area contributed by atoms with Crippen molar-refractivity contribution in [3.8, 4) is 11.1 Å². The molecule has 1 aromatic heterocycles. The maximum atomic E-state index is 13.1. The van der Waals surface area contributed by atoms with Crippen LogP contribution in [0, 0.1) is 12.7 Å². The third kappa shape index (κ3) is 2.13. The number of hydrogen-bond acceptors (Lipinski definition) is 2. The van der Waals surface area contributed by atoms with E-state index in [0.717, 1.165) is 16.8 Å². The van der Waals surface area contributed by atoms with E-state index in [0.29, 0.717) is 5.69 Å². The number of hydrogen-bond donors (Lipinski definition) is 1. The van der Waals surface area contributed by atoms with Crippen LogP contribution in [0.1, 0.15) is 5.69 Å². The van der Waals surface area contributed by atoms with Crippen molar-refractivity contribution in [1.29, 1.82) is 0 Å². The summed E-state index contributed by atoms with van der Waals surface area (Å²) in [5, 5.41) is 0. The zero-order valence-corrected chi connectivity index (χ0v) is 8.37. The Morgan fingerprint density at radius 1 is 1.13 bits per heavy atom. The molecule has 0 aliphatic rings. The van der Waals surface area contributed by atoms with Crippen LogP contribution in [0.25, 0.3) is 11.1 Å². The van der Waals surface area contributed by atoms with Gasteiger partial charge in [0.05, 0.1) is 0 Å². The van der Waals surface area contributed by atoms with Crippen LogP contribution in [0.5, 0.6) is 0 Å². The van der Waals surface area contributed by atoms with E-state index in [1.165, 1.54) is 12.1 Å². The molecule has 15 heavy (non-hydrogen) atoms. The first-order valence-corrected chi connectivity index (χ1v) is 4.64. The van der Waals surface area contributed by atoms with E-state index in [1.54, 1.807) is 12.3 Å². The maximum Gasteiger partial charge on any atom is 0.125 e. The molecule has 0 aliphatic heterocycles. The molecular weight excluding hydrogens is 191 g/mol. The standard InChI is InChI=1S/C12H11FN2/c1-8-4-9(2-3-15-8)10-5-11(13)7-12(14)6-10/h2-7H,14H2,1H3. The van der Waals surface area contributed by atoms with Gasteiger partial charge >= 0.3 is 0 Å². The van der Waals surface area contributed by atoms with Gasteiger partial charge < -0.3 is 5.73 Å². The highest BCUT2D eigenvalue weighted by atomic mass is 19.1. The lowest BCUT2D eigenvalue weighted by Crippen LogP contribution is -1.89. The molecular formula is C12H11FN2. The Labute approximate surface area is 87.6 Å². The van der Waals surface area contributed by atoms with Gasteiger partial charge in [0, 0.05) is 17.6 Å². The minimum Gasteiger partial charge on any atom is -0.399 e. The lowest BCUT2D eigenvalue weighted by molar-refractivity contribution is 0.629. The third-order valence-corrected chi connectivity index (χ3v) is 2.15. The van der Waals surface area contributed by atoms with E-state index in [9.17, 15) is 4.39 Å². The molecule has 0 bridgehead atoms. The Kier molecular flexibility index (Phi) is 2.37. The normalized spacial score (nSPS) is 10.3. The quantitative estimate of drug-likeness (QED) is 0.722. The summed E-state index contributed by atoms with van der Waals surface area (Å²) in [5.74, 6) is -0.320. The van der Waals surface area contributed by atoms with Gasteiger partial charge in [-0.1, -0.05) is 0 Å². The molecule has 1 heterocycles. The molecule has 0 aliphatic carbocycles. The van der Waals surface area contributed by atoms with E-state index in [4.69, 9.17) is 5.73 Å². The zero-order chi connectivity index (χ0) is 10.8. The first-order chi connectivity index (χ1) is 7.15. The second kappa shape index (κ2) is 3.69. The summed E-state index contributed by atoms with van der Waals surface area (Å²) < 4.78 is 13.1. The van der Waals surface area contributed by atoms with Gasteiger partial charge in [-0.3, -0.25) is 4.98 Å². The van der Waals surface area contributed by atoms with Gasteiger partial charge in [0.1, 0.15) is 5.82 Å². The lowest BCUT2D eigenvalue weighted by atomic mass is 10.1. The molecule has 2 rings (SSSR count). The fraction of sp³-hybridized carbons (Fsp3) is 0.0833. The fourth-order valence-electron chi connectivity index (χ4n) is 1.50. The zero-order valence-electron chi connectivity index (χ0n) is 8.37. The number of nitrogens with two attached hydrogens (primary N) is 1. The molecule has 0 spiro atoms. The predicted molar refractivity (Wildman–Crippen MR) is 58.8 cm³/mol. The molecule has 0 unspecified atom stereocenters. The summed E-state index contributed by atoms with van der Waals surface area (Å²) in [6.07, 6.45) is 1.70. The molecule has 2 aromatic rings. The van der Waals surface area contributed by atoms with Crippen molar-refractivity contribution in [3.05, 3.63) is 48.0 Å². The molecule has 0 atom stereocenters. The summed E-state index contributed by atoms with van der Waals surface area (Å²) in [5.41, 5.74) is 8.61. The SMILES string of the molecule is Cc1cc(-c2cc(N)cc(F)c2)ccn1. The Morgan fingerprint density at radius 2 is 1.93 bits per heavy atom. The Balaban J connectivity index is 2.54. The number of benzene rings is 1. The molecule has 0 radical (unpaired) electrons. The van der Waals surface area contributed by atoms with Gasteiger partial charge in [-0.15, -0.1) is 0 Å². The number of pyridine rings is 1. The number of aryl methyl sites for hydroxylation is 1. The van der Waals surface area contributed by atoms with Gasteiger partial charge in [0.15, 0.2) is 0 Å². The van der Waals surface area contributed by atoms with Crippen molar-refractivity contribution in [2.75, 3.05) is 5.73 Å². The average molecular weight is 202 g/mol. The first-order valence-electron chi connectivity index (χ1n) is 4.64. The Morgan fingerprint density at radius 3 is 2.60 bits per heavy atom. The summed E-state index contributed by atoms with van der Waals surface area (Å²) in [6, 6.07) is 8.25. The van der Waals surface area contributed by atoms with Crippen molar-refractivity contribution in [1.82, 2.24) is 4.98 Å². The second-order valence-electron chi connectivity index (χ2n) is 3.46. The highest BCUT2D eigenvalue weighted by Gasteiger charge is 2.01. The van der Waals surface area contributed by atoms with Crippen LogP contribution in [0.3, 0.4) is 0 Å². The number of anilines is 1. The van der Waals surface area contributed by atoms with Crippen LogP contribution in [0.4, 0.5) is 10.1 Å². The van der Waals surface area contributed by atoms with Crippen molar-refractivity contribution in [2.24, 2.45) is 0 Å². The van der Waals surface area contributed by atoms with Gasteiger partial charge in [-0.2, -0.15) is 0 Å². The Hall–Kier alpha value is -1.90. The number of nitrogen functional groups attached to an aromatic ring is 1. The van der Waals surface area contributed by atoms with E-state index in [2.05, 4.69) is 4.98 Å². The molecule has 1 aromatic carbocycles. The summed E-state index contributed by atoms with van der Waals surface area (Å²) in [4.78, 5) is 4.09. The smallest absolute Gasteiger partial charge is 0.125 e. The van der Waals surface area contributed by atoms with Gasteiger partial charge in [-0.25, -0.2) is 4.39 Å². The topological polar surface area (TPSA) is 38.9 Å². The average Bonchev–Trinajstić information content (AvgIpc) is 2.16. The van der Waals surface area contributed by atoms with Crippen molar-refractivity contribution < 1.29 is 4.39 Å². The minimum absolute atomic E-state index is 0.320. The van der Waals surface area contributed by atoms with Gasteiger partial charge in [0.25, 0.3) is 0 Å². The highest BCUT2D eigenvalue weighted by molar-refractivity contribution is 5.67. The number of nitrogens with zero attached hydrogens (tertiary/aromatic N) is 1. The van der Waals surface area contributed by atoms with E-state index < -0.39 is 0 Å². The van der Waals surface area contributed by atoms with E-state index in [1.807, 2.05) is 19.1 Å². The van der Waals surface area contributed by atoms with Crippen molar-refractivity contribution in [2.45, 2.75) is 6.92 Å². The largest absolute Gasteiger partial charge is 0.399 e. The first kappa shape index (κ1) is 9.65. The van der Waals surface area contributed by atoms with Crippen molar-refractivity contribution in [3.63, 3.8) is 0 Å². The van der Waals surface area contributed by atoms with E-state index >= 15 is 0 Å². The summed E-state index contributed by atoms with van der Waals surface area (Å²) in [6.45, 7) is 1.89. The van der Waals surface area contributed by atoms with Crippen LogP contribution in [0.2, 0.25) is 0 Å². The second-order valence-corrected chi connectivity index (χ2v) is 3.46. The molecule has 0 fully saturated rings. The molecule has 2 nitrogen and oxygen atoms in total. The lowest BCUT2D eigenvalue weighted by Gasteiger charge is -2.04. The van der Waals surface area contributed by atoms with Crippen LogP contribution in [0.15, 0.2) is 36.5 Å². The van der Waals surface area contributed by atoms with Crippen LogP contribution < -0.4 is 5.73 Å². The highest BCUT2D eigenvalue weighted by Crippen LogP contribution is 2.22. The molecule has 0 saturated heterocycles. The van der Waals surface area contributed by atoms with Crippen molar-refractivity contribution >= 4 is 5.69 Å². The van der Waals surface area contributed by atoms with Crippen LogP contribution in [-0.4, -0.2) is 4.98 Å². The van der Waals surface area contributed by atoms with E-state index in [-0.39, 0.29) is 5.82 Å².